The summed E-state index contributed by atoms with van der Waals surface area (Å²) in [4.78, 5) is 43.0. The molecule has 232 valence electrons. The van der Waals surface area contributed by atoms with Crippen LogP contribution in [0.1, 0.15) is 64.1 Å². The quantitative estimate of drug-likeness (QED) is 0.308. The van der Waals surface area contributed by atoms with E-state index >= 15 is 0 Å². The molecule has 2 fully saturated rings. The second-order valence-corrected chi connectivity index (χ2v) is 11.4. The summed E-state index contributed by atoms with van der Waals surface area (Å²) in [6.07, 6.45) is 0.733. The number of hydrogen-bond acceptors (Lipinski definition) is 6. The highest BCUT2D eigenvalue weighted by Gasteiger charge is 2.43. The maximum absolute atomic E-state index is 13.0. The van der Waals surface area contributed by atoms with Gasteiger partial charge in [-0.1, -0.05) is 37.1 Å². The average molecular weight is 610 g/mol. The normalized spacial score (nSPS) is 22.0. The number of nitrogens with one attached hydrogen (secondary N) is 2. The molecule has 2 aromatic carbocycles. The highest BCUT2D eigenvalue weighted by molar-refractivity contribution is 5.96. The molecule has 3 aromatic rings. The number of carbonyl (C=O) groups is 3. The van der Waals surface area contributed by atoms with Crippen molar-refractivity contribution in [2.24, 2.45) is 5.73 Å². The van der Waals surface area contributed by atoms with Gasteiger partial charge in [-0.3, -0.25) is 19.4 Å². The number of primary amides is 1. The number of amides is 3. The number of nitrogens with zero attached hydrogens (tertiary/aromatic N) is 2. The first-order chi connectivity index (χ1) is 20.9. The van der Waals surface area contributed by atoms with E-state index in [9.17, 15) is 32.7 Å². The average Bonchev–Trinajstić information content (AvgIpc) is 3.49. The minimum Gasteiger partial charge on any atom is -0.382 e. The summed E-state index contributed by atoms with van der Waals surface area (Å²) in [6.45, 7) is 0.472. The summed E-state index contributed by atoms with van der Waals surface area (Å²) in [5, 5.41) is 17.8. The number of aromatic nitrogens is 1. The zero-order chi connectivity index (χ0) is 31.5. The van der Waals surface area contributed by atoms with E-state index in [1.54, 1.807) is 35.4 Å². The van der Waals surface area contributed by atoms with Gasteiger partial charge in [-0.25, -0.2) is 0 Å². The number of pyridine rings is 1. The van der Waals surface area contributed by atoms with E-state index in [4.69, 9.17) is 5.73 Å². The fourth-order valence-electron chi connectivity index (χ4n) is 5.97. The Kier molecular flexibility index (Phi) is 9.02. The van der Waals surface area contributed by atoms with Crippen molar-refractivity contribution in [3.05, 3.63) is 89.2 Å². The van der Waals surface area contributed by atoms with Crippen LogP contribution in [0.25, 0.3) is 11.1 Å². The van der Waals surface area contributed by atoms with Crippen LogP contribution in [0.2, 0.25) is 0 Å². The lowest BCUT2D eigenvalue weighted by atomic mass is 9.77. The van der Waals surface area contributed by atoms with Crippen LogP contribution in [0.15, 0.2) is 66.9 Å². The van der Waals surface area contributed by atoms with Gasteiger partial charge >= 0.3 is 6.18 Å². The van der Waals surface area contributed by atoms with Gasteiger partial charge < -0.3 is 26.4 Å². The fraction of sp³-hybridized carbons (Fsp3) is 0.375. The van der Waals surface area contributed by atoms with E-state index in [1.807, 2.05) is 12.1 Å². The number of benzene rings is 2. The minimum atomic E-state index is -4.58. The van der Waals surface area contributed by atoms with Gasteiger partial charge in [-0.05, 0) is 61.2 Å². The molecule has 3 atom stereocenters. The molecular weight excluding hydrogens is 575 g/mol. The van der Waals surface area contributed by atoms with E-state index in [2.05, 4.69) is 15.6 Å². The van der Waals surface area contributed by atoms with Crippen LogP contribution >= 0.6 is 0 Å². The van der Waals surface area contributed by atoms with Gasteiger partial charge in [0.2, 0.25) is 11.8 Å². The van der Waals surface area contributed by atoms with E-state index in [0.717, 1.165) is 48.6 Å². The van der Waals surface area contributed by atoms with Crippen LogP contribution in [-0.4, -0.2) is 64.4 Å². The SMILES string of the molecule is NC(=O)c1cccc(-c2ccc(C3(O)CCCCC3NC3CCN(C(=O)CNC(=O)c4cccc(C(F)(F)F)c4)C3)nc2)c1. The van der Waals surface area contributed by atoms with Crippen LogP contribution in [0.4, 0.5) is 13.2 Å². The molecule has 12 heteroatoms. The number of halogens is 3. The number of likely N-dealkylation sites (tertiary alicyclic amines) is 1. The summed E-state index contributed by atoms with van der Waals surface area (Å²) in [5.74, 6) is -1.62. The van der Waals surface area contributed by atoms with Crippen LogP contribution in [-0.2, 0) is 16.6 Å². The first-order valence-electron chi connectivity index (χ1n) is 14.5. The smallest absolute Gasteiger partial charge is 0.382 e. The standard InChI is InChI=1S/C32H34F3N5O4/c33-32(34,35)24-8-4-7-22(16-24)30(43)38-18-28(41)40-14-12-25(19-40)39-27-9-1-2-13-31(27,44)26-11-10-23(17-37-26)20-5-3-6-21(15-20)29(36)42/h3-8,10-11,15-17,25,27,39,44H,1-2,9,12-14,18-19H2,(H2,36,42)(H,38,43). The van der Waals surface area contributed by atoms with Gasteiger partial charge in [0.15, 0.2) is 0 Å². The molecule has 5 N–H and O–H groups in total. The molecule has 5 rings (SSSR count). The predicted molar refractivity (Wildman–Crippen MR) is 156 cm³/mol. The van der Waals surface area contributed by atoms with E-state index in [1.165, 1.54) is 6.07 Å². The molecule has 1 aliphatic heterocycles. The van der Waals surface area contributed by atoms with Crippen molar-refractivity contribution >= 4 is 17.7 Å². The molecule has 44 heavy (non-hydrogen) atoms. The van der Waals surface area contributed by atoms with Gasteiger partial charge in [0.05, 0.1) is 17.8 Å². The number of rotatable bonds is 8. The summed E-state index contributed by atoms with van der Waals surface area (Å²) in [5.41, 5.74) is 5.57. The lowest BCUT2D eigenvalue weighted by molar-refractivity contribution is -0.137. The molecule has 2 heterocycles. The maximum atomic E-state index is 13.0. The second kappa shape index (κ2) is 12.7. The zero-order valence-electron chi connectivity index (χ0n) is 23.9. The third-order valence-corrected chi connectivity index (χ3v) is 8.39. The lowest BCUT2D eigenvalue weighted by Crippen LogP contribution is -2.54. The Bertz CT molecular complexity index is 1530. The molecule has 1 aliphatic carbocycles. The van der Waals surface area contributed by atoms with Crippen molar-refractivity contribution in [1.29, 1.82) is 0 Å². The molecule has 9 nitrogen and oxygen atoms in total. The van der Waals surface area contributed by atoms with Crippen molar-refractivity contribution < 1.29 is 32.7 Å². The molecule has 1 saturated heterocycles. The summed E-state index contributed by atoms with van der Waals surface area (Å²) < 4.78 is 38.9. The third-order valence-electron chi connectivity index (χ3n) is 8.39. The number of hydrogen-bond donors (Lipinski definition) is 4. The number of nitrogens with two attached hydrogens (primary N) is 1. The van der Waals surface area contributed by atoms with Crippen LogP contribution in [0.3, 0.4) is 0 Å². The zero-order valence-corrected chi connectivity index (χ0v) is 23.9. The van der Waals surface area contributed by atoms with Crippen LogP contribution in [0, 0.1) is 0 Å². The second-order valence-electron chi connectivity index (χ2n) is 11.4. The van der Waals surface area contributed by atoms with Crippen molar-refractivity contribution in [2.45, 2.75) is 56.0 Å². The van der Waals surface area contributed by atoms with Gasteiger partial charge in [-0.2, -0.15) is 13.2 Å². The van der Waals surface area contributed by atoms with Gasteiger partial charge in [-0.15, -0.1) is 0 Å². The maximum Gasteiger partial charge on any atom is 0.416 e. The molecule has 0 spiro atoms. The third kappa shape index (κ3) is 6.92. The molecule has 0 radical (unpaired) electrons. The number of alkyl halides is 3. The van der Waals surface area contributed by atoms with Crippen molar-refractivity contribution in [1.82, 2.24) is 20.5 Å². The van der Waals surface area contributed by atoms with Gasteiger partial charge in [0, 0.05) is 48.1 Å². The van der Waals surface area contributed by atoms with Crippen molar-refractivity contribution in [3.8, 4) is 11.1 Å². The Labute approximate surface area is 252 Å². The first-order valence-corrected chi connectivity index (χ1v) is 14.5. The van der Waals surface area contributed by atoms with Gasteiger partial charge in [0.1, 0.15) is 5.60 Å². The van der Waals surface area contributed by atoms with Gasteiger partial charge in [0.25, 0.3) is 5.91 Å². The number of carbonyl (C=O) groups excluding carboxylic acids is 3. The molecule has 3 unspecified atom stereocenters. The Hall–Kier alpha value is -4.29. The van der Waals surface area contributed by atoms with Crippen molar-refractivity contribution in [2.75, 3.05) is 19.6 Å². The first kappa shape index (κ1) is 31.1. The molecule has 2 aliphatic rings. The van der Waals surface area contributed by atoms with Crippen LogP contribution in [0.5, 0.6) is 0 Å². The lowest BCUT2D eigenvalue weighted by Gasteiger charge is -2.41. The van der Waals surface area contributed by atoms with Crippen LogP contribution < -0.4 is 16.4 Å². The highest BCUT2D eigenvalue weighted by Crippen LogP contribution is 2.38. The molecule has 3 amide bonds. The van der Waals surface area contributed by atoms with Crippen molar-refractivity contribution in [3.63, 3.8) is 0 Å². The number of aliphatic hydroxyl groups is 1. The monoisotopic (exact) mass is 609 g/mol. The Morgan fingerprint density at radius 2 is 1.77 bits per heavy atom. The largest absolute Gasteiger partial charge is 0.416 e. The summed E-state index contributed by atoms with van der Waals surface area (Å²) >= 11 is 0. The predicted octanol–water partition coefficient (Wildman–Crippen LogP) is 3.62. The topological polar surface area (TPSA) is 138 Å². The Morgan fingerprint density at radius 3 is 2.50 bits per heavy atom. The minimum absolute atomic E-state index is 0.0939. The van der Waals surface area contributed by atoms with E-state index in [-0.39, 0.29) is 30.1 Å². The molecule has 0 bridgehead atoms. The molecule has 1 aromatic heterocycles. The Morgan fingerprint density at radius 1 is 1.00 bits per heavy atom. The Balaban J connectivity index is 1.18. The molecular formula is C32H34F3N5O4. The molecule has 1 saturated carbocycles. The van der Waals surface area contributed by atoms with E-state index < -0.39 is 29.2 Å². The summed E-state index contributed by atoms with van der Waals surface area (Å²) in [6, 6.07) is 14.2. The van der Waals surface area contributed by atoms with E-state index in [0.29, 0.717) is 37.2 Å². The highest BCUT2D eigenvalue weighted by atomic mass is 19.4. The summed E-state index contributed by atoms with van der Waals surface area (Å²) in [7, 11) is 0. The fourth-order valence-corrected chi connectivity index (χ4v) is 5.97.